The van der Waals surface area contributed by atoms with Gasteiger partial charge in [-0.1, -0.05) is 17.7 Å². The van der Waals surface area contributed by atoms with Gasteiger partial charge in [-0.25, -0.2) is 32.2 Å². The fourth-order valence-corrected chi connectivity index (χ4v) is 7.25. The molecule has 0 radical (unpaired) electrons. The van der Waals surface area contributed by atoms with Crippen molar-refractivity contribution in [3.05, 3.63) is 65.4 Å². The lowest BCUT2D eigenvalue weighted by Gasteiger charge is -2.38. The Labute approximate surface area is 258 Å². The number of anilines is 2. The van der Waals surface area contributed by atoms with E-state index in [1.54, 1.807) is 18.3 Å². The average molecular weight is 645 g/mol. The van der Waals surface area contributed by atoms with E-state index in [1.165, 1.54) is 19.4 Å². The molecule has 44 heavy (non-hydrogen) atoms. The summed E-state index contributed by atoms with van der Waals surface area (Å²) in [7, 11) is -3.15. The molecule has 2 N–H and O–H groups in total. The number of benzene rings is 2. The number of sulfonamides is 1. The first-order chi connectivity index (χ1) is 21.2. The average Bonchev–Trinajstić information content (AvgIpc) is 3.03. The Morgan fingerprint density at radius 1 is 1.02 bits per heavy atom. The molecule has 0 spiro atoms. The first-order valence-corrected chi connectivity index (χ1v) is 16.1. The molecule has 10 nitrogen and oxygen atoms in total. The molecule has 2 aliphatic rings. The van der Waals surface area contributed by atoms with Gasteiger partial charge in [0.1, 0.15) is 5.82 Å². The van der Waals surface area contributed by atoms with Gasteiger partial charge < -0.3 is 14.8 Å². The predicted molar refractivity (Wildman–Crippen MR) is 164 cm³/mol. The Bertz CT molecular complexity index is 1780. The Morgan fingerprint density at radius 3 is 2.55 bits per heavy atom. The van der Waals surface area contributed by atoms with E-state index < -0.39 is 37.8 Å². The highest BCUT2D eigenvalue weighted by Crippen LogP contribution is 2.34. The van der Waals surface area contributed by atoms with Gasteiger partial charge in [-0.3, -0.25) is 9.62 Å². The molecule has 2 aromatic heterocycles. The monoisotopic (exact) mass is 644 g/mol. The molecule has 1 saturated carbocycles. The van der Waals surface area contributed by atoms with Gasteiger partial charge in [0.25, 0.3) is 10.0 Å². The Kier molecular flexibility index (Phi) is 8.81. The minimum Gasteiger partial charge on any atom is -0.480 e. The van der Waals surface area contributed by atoms with Crippen LogP contribution >= 0.6 is 11.6 Å². The Balaban J connectivity index is 1.19. The quantitative estimate of drug-likeness (QED) is 0.257. The van der Waals surface area contributed by atoms with Crippen molar-refractivity contribution in [1.82, 2.24) is 19.9 Å². The summed E-state index contributed by atoms with van der Waals surface area (Å²) >= 11 is 5.93. The van der Waals surface area contributed by atoms with Crippen molar-refractivity contribution in [2.45, 2.75) is 42.7 Å². The molecule has 0 bridgehead atoms. The van der Waals surface area contributed by atoms with Crippen LogP contribution in [0.15, 0.2) is 53.7 Å². The number of morpholine rings is 1. The summed E-state index contributed by atoms with van der Waals surface area (Å²) in [5.41, 5.74) is -0.0575. The third kappa shape index (κ3) is 6.41. The van der Waals surface area contributed by atoms with Crippen molar-refractivity contribution >= 4 is 44.2 Å². The smallest absolute Gasteiger partial charge is 0.267 e. The molecular formula is C30H31ClF2N6O4S. The summed E-state index contributed by atoms with van der Waals surface area (Å²) in [5, 5.41) is 4.06. The van der Waals surface area contributed by atoms with E-state index in [0.717, 1.165) is 70.2 Å². The highest BCUT2D eigenvalue weighted by atomic mass is 35.5. The van der Waals surface area contributed by atoms with Crippen molar-refractivity contribution in [3.63, 3.8) is 0 Å². The summed E-state index contributed by atoms with van der Waals surface area (Å²) in [6, 6.07) is 8.73. The summed E-state index contributed by atoms with van der Waals surface area (Å²) in [5.74, 6) is -1.68. The summed E-state index contributed by atoms with van der Waals surface area (Å²) < 4.78 is 69.5. The first-order valence-electron chi connectivity index (χ1n) is 14.3. The van der Waals surface area contributed by atoms with Gasteiger partial charge in [-0.15, -0.1) is 0 Å². The molecule has 4 aromatic rings. The second kappa shape index (κ2) is 12.8. The van der Waals surface area contributed by atoms with Crippen molar-refractivity contribution in [2.75, 3.05) is 43.5 Å². The molecule has 0 amide bonds. The molecule has 1 aliphatic carbocycles. The molecule has 2 fully saturated rings. The van der Waals surface area contributed by atoms with Gasteiger partial charge in [0.15, 0.2) is 10.7 Å². The van der Waals surface area contributed by atoms with Gasteiger partial charge in [0.05, 0.1) is 42.1 Å². The molecule has 1 saturated heterocycles. The topological polar surface area (TPSA) is 119 Å². The highest BCUT2D eigenvalue weighted by molar-refractivity contribution is 7.92. The van der Waals surface area contributed by atoms with Crippen LogP contribution in [0.25, 0.3) is 22.0 Å². The highest BCUT2D eigenvalue weighted by Gasteiger charge is 2.28. The van der Waals surface area contributed by atoms with Crippen LogP contribution in [0.1, 0.15) is 25.7 Å². The van der Waals surface area contributed by atoms with E-state index in [4.69, 9.17) is 21.1 Å². The number of nitrogens with one attached hydrogen (secondary N) is 2. The van der Waals surface area contributed by atoms with E-state index in [-0.39, 0.29) is 22.5 Å². The van der Waals surface area contributed by atoms with E-state index in [9.17, 15) is 12.8 Å². The zero-order valence-electron chi connectivity index (χ0n) is 23.9. The van der Waals surface area contributed by atoms with Gasteiger partial charge in [0, 0.05) is 43.0 Å². The molecule has 2 aromatic carbocycles. The summed E-state index contributed by atoms with van der Waals surface area (Å²) in [4.78, 5) is 15.1. The van der Waals surface area contributed by atoms with Crippen LogP contribution in [0.3, 0.4) is 0 Å². The third-order valence-electron chi connectivity index (χ3n) is 8.06. The number of fused-ring (bicyclic) bond motifs is 1. The van der Waals surface area contributed by atoms with Gasteiger partial charge >= 0.3 is 0 Å². The fourth-order valence-electron chi connectivity index (χ4n) is 5.82. The van der Waals surface area contributed by atoms with Gasteiger partial charge in [0.2, 0.25) is 11.8 Å². The number of nitrogens with zero attached hydrogens (tertiary/aromatic N) is 4. The summed E-state index contributed by atoms with van der Waals surface area (Å²) in [6.07, 6.45) is 7.06. The molecular weight excluding hydrogens is 614 g/mol. The minimum atomic E-state index is -4.39. The number of halogens is 3. The second-order valence-corrected chi connectivity index (χ2v) is 12.9. The zero-order chi connectivity index (χ0) is 30.8. The van der Waals surface area contributed by atoms with Gasteiger partial charge in [-0.2, -0.15) is 0 Å². The van der Waals surface area contributed by atoms with E-state index >= 15 is 4.39 Å². The maximum atomic E-state index is 15.7. The zero-order valence-corrected chi connectivity index (χ0v) is 25.5. The van der Waals surface area contributed by atoms with Crippen molar-refractivity contribution in [1.29, 1.82) is 0 Å². The number of hydrogen-bond donors (Lipinski definition) is 2. The Hall–Kier alpha value is -3.65. The number of rotatable bonds is 8. The number of hydrogen-bond acceptors (Lipinski definition) is 9. The van der Waals surface area contributed by atoms with Crippen LogP contribution in [0.2, 0.25) is 5.02 Å². The lowest BCUT2D eigenvalue weighted by atomic mass is 9.90. The molecule has 1 aliphatic heterocycles. The molecule has 14 heteroatoms. The first kappa shape index (κ1) is 30.4. The maximum Gasteiger partial charge on any atom is 0.267 e. The lowest BCUT2D eigenvalue weighted by molar-refractivity contribution is 0.00790. The number of aromatic nitrogens is 3. The molecule has 3 heterocycles. The maximum absolute atomic E-state index is 15.7. The van der Waals surface area contributed by atoms with E-state index in [2.05, 4.69) is 29.9 Å². The van der Waals surface area contributed by atoms with Crippen molar-refractivity contribution < 1.29 is 26.7 Å². The van der Waals surface area contributed by atoms with Crippen LogP contribution in [0.5, 0.6) is 5.88 Å². The summed E-state index contributed by atoms with van der Waals surface area (Å²) in [6.45, 7) is 3.57. The van der Waals surface area contributed by atoms with Crippen LogP contribution in [0, 0.1) is 11.6 Å². The largest absolute Gasteiger partial charge is 0.480 e. The van der Waals surface area contributed by atoms with Crippen molar-refractivity contribution in [2.24, 2.45) is 0 Å². The normalized spacial score (nSPS) is 19.5. The third-order valence-corrected chi connectivity index (χ3v) is 9.63. The van der Waals surface area contributed by atoms with Crippen LogP contribution in [-0.4, -0.2) is 73.8 Å². The second-order valence-electron chi connectivity index (χ2n) is 10.8. The van der Waals surface area contributed by atoms with Gasteiger partial charge in [-0.05, 0) is 61.6 Å². The number of methoxy groups -OCH3 is 1. The fraction of sp³-hybridized carbons (Fsp3) is 0.367. The lowest BCUT2D eigenvalue weighted by Crippen LogP contribution is -2.46. The molecule has 0 unspecified atom stereocenters. The van der Waals surface area contributed by atoms with E-state index in [0.29, 0.717) is 22.9 Å². The molecule has 0 atom stereocenters. The number of ether oxygens (including phenoxy) is 2. The molecule has 6 rings (SSSR count). The van der Waals surface area contributed by atoms with Crippen LogP contribution in [-0.2, 0) is 14.8 Å². The van der Waals surface area contributed by atoms with Crippen LogP contribution < -0.4 is 14.8 Å². The Morgan fingerprint density at radius 2 is 1.80 bits per heavy atom. The van der Waals surface area contributed by atoms with Crippen molar-refractivity contribution in [3.8, 4) is 17.0 Å². The SMILES string of the molecule is COc1ncc(Cl)cc1S(=O)(=O)Nc1ccc(F)c(-c2ccc3nc(N[C@H]4CC[C@H](N5CCOCC5)CC4)ncc3c2)c1F. The predicted octanol–water partition coefficient (Wildman–Crippen LogP) is 5.49. The standard InChI is InChI=1S/C30H31ClF2N6O4S/c1-42-29-26(15-20(31)17-34-29)44(40,41)38-25-9-7-23(32)27(28(25)33)18-2-8-24-19(14-18)16-35-30(37-24)36-21-3-5-22(6-4-21)39-10-12-43-13-11-39/h2,7-9,14-17,21-22,38H,3-6,10-13H2,1H3,(H,35,36,37)/t21-,22-. The van der Waals surface area contributed by atoms with Crippen LogP contribution in [0.4, 0.5) is 20.4 Å². The minimum absolute atomic E-state index is 0.0411. The number of pyridine rings is 1. The van der Waals surface area contributed by atoms with E-state index in [1.807, 2.05) is 0 Å². The molecule has 232 valence electrons.